The predicted octanol–water partition coefficient (Wildman–Crippen LogP) is 1.77. The topological polar surface area (TPSA) is 86.3 Å². The van der Waals surface area contributed by atoms with Gasteiger partial charge in [-0.25, -0.2) is 0 Å². The first-order chi connectivity index (χ1) is 14.1. The molecule has 1 fully saturated rings. The number of fused-ring (bicyclic) bond motifs is 1. The molecule has 0 unspecified atom stereocenters. The first kappa shape index (κ1) is 18.9. The average Bonchev–Trinajstić information content (AvgIpc) is 3.12. The van der Waals surface area contributed by atoms with Crippen molar-refractivity contribution in [3.63, 3.8) is 0 Å². The monoisotopic (exact) mass is 398 g/mol. The maximum Gasteiger partial charge on any atom is 0.258 e. The van der Waals surface area contributed by atoms with Gasteiger partial charge in [0.1, 0.15) is 24.7 Å². The Morgan fingerprint density at radius 1 is 1.14 bits per heavy atom. The summed E-state index contributed by atoms with van der Waals surface area (Å²) in [7, 11) is 1.57. The average molecular weight is 398 g/mol. The molecule has 8 nitrogen and oxygen atoms in total. The predicted molar refractivity (Wildman–Crippen MR) is 105 cm³/mol. The third-order valence-corrected chi connectivity index (χ3v) is 4.74. The van der Waals surface area contributed by atoms with Crippen molar-refractivity contribution in [2.24, 2.45) is 0 Å². The lowest BCUT2D eigenvalue weighted by Crippen LogP contribution is -2.39. The van der Waals surface area contributed by atoms with E-state index in [-0.39, 0.29) is 30.9 Å². The molecule has 2 aromatic carbocycles. The van der Waals surface area contributed by atoms with Crippen molar-refractivity contribution in [3.8, 4) is 23.0 Å². The third-order valence-electron chi connectivity index (χ3n) is 4.74. The van der Waals surface area contributed by atoms with E-state index in [1.54, 1.807) is 48.4 Å². The van der Waals surface area contributed by atoms with Crippen molar-refractivity contribution in [1.82, 2.24) is 5.32 Å². The van der Waals surface area contributed by atoms with Gasteiger partial charge in [0, 0.05) is 30.8 Å². The number of benzene rings is 2. The first-order valence-corrected chi connectivity index (χ1v) is 9.38. The maximum atomic E-state index is 12.4. The van der Waals surface area contributed by atoms with Crippen LogP contribution >= 0.6 is 0 Å². The number of rotatable bonds is 6. The lowest BCUT2D eigenvalue weighted by atomic mass is 10.2. The van der Waals surface area contributed by atoms with Crippen LogP contribution < -0.4 is 29.2 Å². The largest absolute Gasteiger partial charge is 0.497 e. The van der Waals surface area contributed by atoms with E-state index in [9.17, 15) is 9.59 Å². The van der Waals surface area contributed by atoms with Crippen molar-refractivity contribution in [2.45, 2.75) is 12.5 Å². The number of amides is 2. The summed E-state index contributed by atoms with van der Waals surface area (Å²) in [5.41, 5.74) is 0.726. The van der Waals surface area contributed by atoms with Crippen LogP contribution in [0, 0.1) is 0 Å². The molecule has 8 heteroatoms. The Morgan fingerprint density at radius 2 is 1.93 bits per heavy atom. The highest BCUT2D eigenvalue weighted by Crippen LogP contribution is 2.35. The fraction of sp³-hybridized carbons (Fsp3) is 0.333. The molecule has 2 amide bonds. The van der Waals surface area contributed by atoms with Crippen molar-refractivity contribution in [2.75, 3.05) is 38.4 Å². The lowest BCUT2D eigenvalue weighted by molar-refractivity contribution is -0.123. The van der Waals surface area contributed by atoms with E-state index in [0.29, 0.717) is 42.8 Å². The van der Waals surface area contributed by atoms with E-state index in [2.05, 4.69) is 5.32 Å². The van der Waals surface area contributed by atoms with Crippen molar-refractivity contribution in [1.29, 1.82) is 0 Å². The lowest BCUT2D eigenvalue weighted by Gasteiger charge is -2.22. The number of anilines is 1. The summed E-state index contributed by atoms with van der Waals surface area (Å²) in [6, 6.07) is 12.2. The summed E-state index contributed by atoms with van der Waals surface area (Å²) in [6.07, 6.45) is 0.235. The molecule has 0 spiro atoms. The van der Waals surface area contributed by atoms with Crippen molar-refractivity contribution in [3.05, 3.63) is 42.5 Å². The summed E-state index contributed by atoms with van der Waals surface area (Å²) in [4.78, 5) is 26.3. The van der Waals surface area contributed by atoms with Gasteiger partial charge in [0.05, 0.1) is 13.2 Å². The fourth-order valence-corrected chi connectivity index (χ4v) is 3.36. The van der Waals surface area contributed by atoms with Crippen LogP contribution in [0.5, 0.6) is 23.0 Å². The van der Waals surface area contributed by atoms with Crippen LogP contribution in [0.25, 0.3) is 0 Å². The molecule has 1 atom stereocenters. The number of carbonyl (C=O) groups excluding carboxylic acids is 2. The van der Waals surface area contributed by atoms with Gasteiger partial charge in [-0.1, -0.05) is 6.07 Å². The molecular weight excluding hydrogens is 376 g/mol. The zero-order chi connectivity index (χ0) is 20.2. The maximum absolute atomic E-state index is 12.4. The highest BCUT2D eigenvalue weighted by atomic mass is 16.6. The molecule has 0 radical (unpaired) electrons. The Labute approximate surface area is 168 Å². The number of methoxy groups -OCH3 is 1. The molecular formula is C21H22N2O6. The van der Waals surface area contributed by atoms with Gasteiger partial charge < -0.3 is 29.2 Å². The van der Waals surface area contributed by atoms with Crippen LogP contribution in [0.1, 0.15) is 6.42 Å². The Morgan fingerprint density at radius 3 is 2.76 bits per heavy atom. The quantitative estimate of drug-likeness (QED) is 0.798. The minimum absolute atomic E-state index is 0.0549. The normalized spacial score (nSPS) is 17.8. The number of nitrogens with one attached hydrogen (secondary N) is 1. The van der Waals surface area contributed by atoms with E-state index in [4.69, 9.17) is 18.9 Å². The summed E-state index contributed by atoms with van der Waals surface area (Å²) in [5.74, 6) is 2.15. The van der Waals surface area contributed by atoms with E-state index < -0.39 is 0 Å². The summed E-state index contributed by atoms with van der Waals surface area (Å²) < 4.78 is 21.7. The van der Waals surface area contributed by atoms with Crippen LogP contribution in [0.2, 0.25) is 0 Å². The second-order valence-corrected chi connectivity index (χ2v) is 6.77. The Hall–Kier alpha value is -3.42. The molecule has 0 aromatic heterocycles. The van der Waals surface area contributed by atoms with Crippen LogP contribution in [0.3, 0.4) is 0 Å². The van der Waals surface area contributed by atoms with Crippen LogP contribution in [-0.4, -0.2) is 51.3 Å². The summed E-state index contributed by atoms with van der Waals surface area (Å²) in [5, 5.41) is 2.86. The molecule has 2 aromatic rings. The number of hydrogen-bond donors (Lipinski definition) is 1. The fourth-order valence-electron chi connectivity index (χ4n) is 3.36. The number of carbonyl (C=O) groups is 2. The smallest absolute Gasteiger partial charge is 0.258 e. The second-order valence-electron chi connectivity index (χ2n) is 6.77. The zero-order valence-corrected chi connectivity index (χ0v) is 16.1. The molecule has 2 aliphatic rings. The second kappa shape index (κ2) is 8.30. The van der Waals surface area contributed by atoms with Gasteiger partial charge in [-0.3, -0.25) is 9.59 Å². The van der Waals surface area contributed by atoms with Gasteiger partial charge in [0.2, 0.25) is 5.91 Å². The highest BCUT2D eigenvalue weighted by Gasteiger charge is 2.32. The molecule has 0 bridgehead atoms. The molecule has 1 saturated heterocycles. The van der Waals surface area contributed by atoms with E-state index in [1.807, 2.05) is 6.07 Å². The molecule has 1 N–H and O–H groups in total. The van der Waals surface area contributed by atoms with Gasteiger partial charge in [-0.2, -0.15) is 0 Å². The Balaban J connectivity index is 1.32. The highest BCUT2D eigenvalue weighted by molar-refractivity contribution is 5.97. The minimum Gasteiger partial charge on any atom is -0.497 e. The zero-order valence-electron chi connectivity index (χ0n) is 16.1. The van der Waals surface area contributed by atoms with E-state index in [1.165, 1.54) is 0 Å². The number of ether oxygens (including phenoxy) is 4. The molecule has 2 aliphatic heterocycles. The van der Waals surface area contributed by atoms with Gasteiger partial charge in [-0.05, 0) is 24.3 Å². The van der Waals surface area contributed by atoms with Crippen molar-refractivity contribution < 1.29 is 28.5 Å². The third kappa shape index (κ3) is 4.37. The molecule has 0 saturated carbocycles. The van der Waals surface area contributed by atoms with E-state index in [0.717, 1.165) is 5.69 Å². The molecule has 0 aliphatic carbocycles. The molecule has 2 heterocycles. The Bertz CT molecular complexity index is 916. The summed E-state index contributed by atoms with van der Waals surface area (Å²) >= 11 is 0. The number of nitrogens with zero attached hydrogens (tertiary/aromatic N) is 1. The van der Waals surface area contributed by atoms with Gasteiger partial charge >= 0.3 is 0 Å². The van der Waals surface area contributed by atoms with Gasteiger partial charge in [-0.15, -0.1) is 0 Å². The SMILES string of the molecule is COc1cccc(OCC(=O)N[C@H]2CC(=O)N(c3ccc4c(c3)OCCO4)C2)c1. The van der Waals surface area contributed by atoms with Crippen LogP contribution in [0.4, 0.5) is 5.69 Å². The standard InChI is InChI=1S/C21H22N2O6/c1-26-16-3-2-4-17(11-16)29-13-20(24)22-14-9-21(25)23(12-14)15-5-6-18-19(10-15)28-8-7-27-18/h2-6,10-11,14H,7-9,12-13H2,1H3,(H,22,24)/t14-/m0/s1. The molecule has 29 heavy (non-hydrogen) atoms. The van der Waals surface area contributed by atoms with Gasteiger partial charge in [0.25, 0.3) is 5.91 Å². The van der Waals surface area contributed by atoms with Crippen LogP contribution in [-0.2, 0) is 9.59 Å². The molecule has 152 valence electrons. The van der Waals surface area contributed by atoms with Gasteiger partial charge in [0.15, 0.2) is 18.1 Å². The number of hydrogen-bond acceptors (Lipinski definition) is 6. The van der Waals surface area contributed by atoms with Crippen LogP contribution in [0.15, 0.2) is 42.5 Å². The first-order valence-electron chi connectivity index (χ1n) is 9.38. The van der Waals surface area contributed by atoms with E-state index >= 15 is 0 Å². The Kier molecular flexibility index (Phi) is 5.41. The summed E-state index contributed by atoms with van der Waals surface area (Å²) in [6.45, 7) is 1.25. The molecule has 4 rings (SSSR count). The van der Waals surface area contributed by atoms with Crippen molar-refractivity contribution >= 4 is 17.5 Å². The minimum atomic E-state index is -0.283.